The second-order valence-electron chi connectivity index (χ2n) is 5.93. The monoisotopic (exact) mass is 361 g/mol. The van der Waals surface area contributed by atoms with Gasteiger partial charge in [-0.05, 0) is 54.4 Å². The lowest BCUT2D eigenvalue weighted by Crippen LogP contribution is -2.34. The molecule has 3 rings (SSSR count). The Balaban J connectivity index is 1.65. The molecule has 1 saturated carbocycles. The Hall–Kier alpha value is -2.14. The Labute approximate surface area is 150 Å². The Morgan fingerprint density at radius 3 is 2.40 bits per heavy atom. The van der Waals surface area contributed by atoms with E-state index in [2.05, 4.69) is 22.4 Å². The van der Waals surface area contributed by atoms with E-state index >= 15 is 0 Å². The molecule has 0 aliphatic heterocycles. The van der Waals surface area contributed by atoms with Gasteiger partial charge in [-0.15, -0.1) is 0 Å². The van der Waals surface area contributed by atoms with Gasteiger partial charge in [-0.25, -0.2) is 13.8 Å². The van der Waals surface area contributed by atoms with Gasteiger partial charge in [0.15, 0.2) is 11.6 Å². The number of aliphatic imine (C=N–C) groups is 1. The first-order valence-corrected chi connectivity index (χ1v) is 8.32. The Morgan fingerprint density at radius 2 is 1.80 bits per heavy atom. The molecule has 1 fully saturated rings. The summed E-state index contributed by atoms with van der Waals surface area (Å²) in [6.07, 6.45) is 1.65. The molecule has 6 heteroatoms. The van der Waals surface area contributed by atoms with Crippen molar-refractivity contribution in [3.8, 4) is 16.9 Å². The van der Waals surface area contributed by atoms with Gasteiger partial charge in [0.2, 0.25) is 0 Å². The molecule has 0 aromatic heterocycles. The normalized spacial score (nSPS) is 19.0. The van der Waals surface area contributed by atoms with Crippen molar-refractivity contribution in [1.82, 2.24) is 0 Å². The first-order valence-electron chi connectivity index (χ1n) is 7.91. The molecule has 0 saturated heterocycles. The molecular weight excluding hydrogens is 344 g/mol. The molecule has 0 unspecified atom stereocenters. The molecule has 3 nitrogen and oxygen atoms in total. The number of methoxy groups -OCH3 is 1. The summed E-state index contributed by atoms with van der Waals surface area (Å²) < 4.78 is 38.7. The number of hydrogen-bond donors (Lipinski definition) is 0. The van der Waals surface area contributed by atoms with Crippen molar-refractivity contribution < 1.29 is 18.3 Å². The van der Waals surface area contributed by atoms with Crippen LogP contribution >= 0.6 is 12.2 Å². The van der Waals surface area contributed by atoms with E-state index < -0.39 is 5.82 Å². The quantitative estimate of drug-likeness (QED) is 0.547. The van der Waals surface area contributed by atoms with Crippen LogP contribution in [0.5, 0.6) is 5.75 Å². The molecule has 0 radical (unpaired) electrons. The van der Waals surface area contributed by atoms with Crippen molar-refractivity contribution in [2.75, 3.05) is 7.11 Å². The van der Waals surface area contributed by atoms with Gasteiger partial charge >= 0.3 is 0 Å². The van der Waals surface area contributed by atoms with Crippen LogP contribution < -0.4 is 4.74 Å². The van der Waals surface area contributed by atoms with Gasteiger partial charge < -0.3 is 9.47 Å². The van der Waals surface area contributed by atoms with E-state index in [1.165, 1.54) is 25.3 Å². The maximum absolute atomic E-state index is 14.3. The minimum atomic E-state index is -0.480. The summed E-state index contributed by atoms with van der Waals surface area (Å²) in [6.45, 7) is 0.196. The standard InChI is InChI=1S/C19H17F2NO2S/c1-23-19-5-4-13(7-18(19)21)12-2-3-14(17(20)6-12)10-24-16-8-15(9-16)22-11-25/h2-7,15-16H,8-10H2,1H3/t15-,16-. The van der Waals surface area contributed by atoms with E-state index in [4.69, 9.17) is 9.47 Å². The smallest absolute Gasteiger partial charge is 0.165 e. The van der Waals surface area contributed by atoms with E-state index in [0.717, 1.165) is 12.8 Å². The van der Waals surface area contributed by atoms with Gasteiger partial charge in [0.25, 0.3) is 0 Å². The van der Waals surface area contributed by atoms with Gasteiger partial charge in [0.05, 0.1) is 31.0 Å². The van der Waals surface area contributed by atoms with Crippen molar-refractivity contribution in [3.05, 3.63) is 53.6 Å². The van der Waals surface area contributed by atoms with Crippen molar-refractivity contribution in [2.45, 2.75) is 31.6 Å². The number of ether oxygens (including phenoxy) is 2. The predicted octanol–water partition coefficient (Wildman–Crippen LogP) is 4.79. The molecule has 0 bridgehead atoms. The number of isothiocyanates is 1. The van der Waals surface area contributed by atoms with E-state index in [1.807, 2.05) is 0 Å². The summed E-state index contributed by atoms with van der Waals surface area (Å²) in [4.78, 5) is 3.99. The fourth-order valence-electron chi connectivity index (χ4n) is 2.75. The molecule has 25 heavy (non-hydrogen) atoms. The molecule has 130 valence electrons. The lowest BCUT2D eigenvalue weighted by atomic mass is 9.90. The van der Waals surface area contributed by atoms with Crippen LogP contribution in [-0.4, -0.2) is 24.4 Å². The third-order valence-corrected chi connectivity index (χ3v) is 4.42. The fourth-order valence-corrected chi connectivity index (χ4v) is 2.90. The molecule has 2 aromatic rings. The van der Waals surface area contributed by atoms with Crippen LogP contribution in [0.25, 0.3) is 11.1 Å². The van der Waals surface area contributed by atoms with Gasteiger partial charge in [-0.1, -0.05) is 18.2 Å². The van der Waals surface area contributed by atoms with E-state index in [9.17, 15) is 8.78 Å². The van der Waals surface area contributed by atoms with Crippen molar-refractivity contribution in [3.63, 3.8) is 0 Å². The zero-order valence-electron chi connectivity index (χ0n) is 13.7. The third-order valence-electron chi connectivity index (χ3n) is 4.32. The van der Waals surface area contributed by atoms with Crippen LogP contribution in [-0.2, 0) is 11.3 Å². The molecule has 0 heterocycles. The number of nitrogens with zero attached hydrogens (tertiary/aromatic N) is 1. The molecule has 0 atom stereocenters. The van der Waals surface area contributed by atoms with Gasteiger partial charge in [0.1, 0.15) is 5.82 Å². The summed E-state index contributed by atoms with van der Waals surface area (Å²) in [5.74, 6) is -0.695. The molecule has 2 aromatic carbocycles. The summed E-state index contributed by atoms with van der Waals surface area (Å²) in [6, 6.07) is 9.53. The van der Waals surface area contributed by atoms with Crippen molar-refractivity contribution in [2.24, 2.45) is 4.99 Å². The second-order valence-corrected chi connectivity index (χ2v) is 6.12. The molecule has 0 spiro atoms. The number of thiocarbonyl (C=S) groups is 1. The SMILES string of the molecule is COc1ccc(-c2ccc(CO[C@H]3C[C@H](N=C=S)C3)c(F)c2)cc1F. The van der Waals surface area contributed by atoms with Crippen LogP contribution in [0.1, 0.15) is 18.4 Å². The van der Waals surface area contributed by atoms with Gasteiger partial charge in [0, 0.05) is 5.56 Å². The topological polar surface area (TPSA) is 30.8 Å². The van der Waals surface area contributed by atoms with E-state index in [0.29, 0.717) is 16.7 Å². The maximum Gasteiger partial charge on any atom is 0.165 e. The van der Waals surface area contributed by atoms with Crippen LogP contribution in [0.4, 0.5) is 8.78 Å². The predicted molar refractivity (Wildman–Crippen MR) is 95.0 cm³/mol. The molecular formula is C19H17F2NO2S. The average molecular weight is 361 g/mol. The number of hydrogen-bond acceptors (Lipinski definition) is 4. The van der Waals surface area contributed by atoms with Crippen LogP contribution in [0, 0.1) is 11.6 Å². The number of rotatable bonds is 6. The van der Waals surface area contributed by atoms with E-state index in [1.54, 1.807) is 18.2 Å². The maximum atomic E-state index is 14.3. The molecule has 0 N–H and O–H groups in total. The lowest BCUT2D eigenvalue weighted by Gasteiger charge is -2.31. The Morgan fingerprint density at radius 1 is 1.12 bits per heavy atom. The highest BCUT2D eigenvalue weighted by molar-refractivity contribution is 7.78. The summed E-state index contributed by atoms with van der Waals surface area (Å²) in [5, 5.41) is 2.36. The Kier molecular flexibility index (Phi) is 5.53. The number of halogens is 2. The average Bonchev–Trinajstić information content (AvgIpc) is 2.57. The van der Waals surface area contributed by atoms with Gasteiger partial charge in [-0.3, -0.25) is 0 Å². The highest BCUT2D eigenvalue weighted by Crippen LogP contribution is 2.29. The minimum Gasteiger partial charge on any atom is -0.494 e. The molecule has 0 amide bonds. The third kappa shape index (κ3) is 4.10. The van der Waals surface area contributed by atoms with Crippen LogP contribution in [0.3, 0.4) is 0 Å². The number of benzene rings is 2. The molecule has 1 aliphatic rings. The van der Waals surface area contributed by atoms with Crippen molar-refractivity contribution in [1.29, 1.82) is 0 Å². The first kappa shape index (κ1) is 17.7. The van der Waals surface area contributed by atoms with Crippen molar-refractivity contribution >= 4 is 17.4 Å². The second kappa shape index (κ2) is 7.83. The first-order chi connectivity index (χ1) is 12.1. The summed E-state index contributed by atoms with van der Waals surface area (Å²) in [7, 11) is 1.40. The zero-order valence-corrected chi connectivity index (χ0v) is 14.5. The highest BCUT2D eigenvalue weighted by atomic mass is 32.1. The lowest BCUT2D eigenvalue weighted by molar-refractivity contribution is -0.0192. The molecule has 1 aliphatic carbocycles. The largest absolute Gasteiger partial charge is 0.494 e. The Bertz CT molecular complexity index is 815. The summed E-state index contributed by atoms with van der Waals surface area (Å²) >= 11 is 4.56. The van der Waals surface area contributed by atoms with Crippen LogP contribution in [0.2, 0.25) is 0 Å². The highest BCUT2D eigenvalue weighted by Gasteiger charge is 2.29. The zero-order chi connectivity index (χ0) is 17.8. The van der Waals surface area contributed by atoms with Gasteiger partial charge in [-0.2, -0.15) is 0 Å². The van der Waals surface area contributed by atoms with E-state index in [-0.39, 0.29) is 30.3 Å². The van der Waals surface area contributed by atoms with Crippen LogP contribution in [0.15, 0.2) is 41.4 Å². The minimum absolute atomic E-state index is 0.0758. The fraction of sp³-hybridized carbons (Fsp3) is 0.316. The summed E-state index contributed by atoms with van der Waals surface area (Å²) in [5.41, 5.74) is 1.66.